The van der Waals surface area contributed by atoms with Gasteiger partial charge in [0.25, 0.3) is 0 Å². The van der Waals surface area contributed by atoms with E-state index in [-0.39, 0.29) is 24.0 Å². The van der Waals surface area contributed by atoms with E-state index < -0.39 is 48.4 Å². The van der Waals surface area contributed by atoms with Gasteiger partial charge in [0, 0.05) is 6.42 Å². The predicted octanol–water partition coefficient (Wildman–Crippen LogP) is 0.135. The lowest BCUT2D eigenvalue weighted by Gasteiger charge is -2.26. The first-order valence-corrected chi connectivity index (χ1v) is 10.6. The molecule has 0 aromatic heterocycles. The van der Waals surface area contributed by atoms with Gasteiger partial charge in [-0.15, -0.1) is 0 Å². The van der Waals surface area contributed by atoms with Crippen molar-refractivity contribution in [3.05, 3.63) is 29.8 Å². The molecule has 0 aliphatic rings. The molecule has 0 heterocycles. The number of nitrogens with two attached hydrogens (primary N) is 1. The third kappa shape index (κ3) is 8.54. The number of carbonyl (C=O) groups is 4. The molecule has 3 amide bonds. The first-order chi connectivity index (χ1) is 15.0. The minimum Gasteiger partial charge on any atom is -0.508 e. The van der Waals surface area contributed by atoms with Crippen molar-refractivity contribution in [3.63, 3.8) is 0 Å². The number of hydrogen-bond acceptors (Lipinski definition) is 6. The van der Waals surface area contributed by atoms with Crippen LogP contribution in [0.5, 0.6) is 5.75 Å². The van der Waals surface area contributed by atoms with Gasteiger partial charge in [0.05, 0.1) is 12.6 Å². The molecule has 0 fully saturated rings. The van der Waals surface area contributed by atoms with Crippen molar-refractivity contribution < 1.29 is 29.4 Å². The number of amides is 3. The van der Waals surface area contributed by atoms with E-state index in [0.717, 1.165) is 0 Å². The second-order valence-electron chi connectivity index (χ2n) is 8.19. The van der Waals surface area contributed by atoms with E-state index in [0.29, 0.717) is 12.0 Å². The number of phenolic OH excluding ortho intramolecular Hbond substituents is 1. The van der Waals surface area contributed by atoms with Crippen molar-refractivity contribution in [1.82, 2.24) is 16.0 Å². The molecule has 0 aliphatic heterocycles. The van der Waals surface area contributed by atoms with Crippen LogP contribution in [0, 0.1) is 11.8 Å². The van der Waals surface area contributed by atoms with Crippen LogP contribution >= 0.6 is 0 Å². The van der Waals surface area contributed by atoms with Crippen LogP contribution in [0.4, 0.5) is 0 Å². The van der Waals surface area contributed by atoms with Crippen molar-refractivity contribution in [2.45, 2.75) is 58.7 Å². The van der Waals surface area contributed by atoms with E-state index in [2.05, 4.69) is 16.0 Å². The summed E-state index contributed by atoms with van der Waals surface area (Å²) in [7, 11) is 0. The lowest BCUT2D eigenvalue weighted by molar-refractivity contribution is -0.141. The molecule has 0 spiro atoms. The molecule has 0 aliphatic carbocycles. The number of carboxylic acid groups (broad SMARTS) is 1. The first kappa shape index (κ1) is 26.9. The zero-order valence-corrected chi connectivity index (χ0v) is 18.9. The first-order valence-electron chi connectivity index (χ1n) is 10.6. The van der Waals surface area contributed by atoms with Crippen LogP contribution < -0.4 is 21.7 Å². The van der Waals surface area contributed by atoms with Crippen LogP contribution in [-0.2, 0) is 25.6 Å². The van der Waals surface area contributed by atoms with Crippen molar-refractivity contribution in [3.8, 4) is 5.75 Å². The molecule has 4 atom stereocenters. The quantitative estimate of drug-likeness (QED) is 0.263. The fourth-order valence-corrected chi connectivity index (χ4v) is 2.84. The summed E-state index contributed by atoms with van der Waals surface area (Å²) in [6.07, 6.45) is 0.614. The summed E-state index contributed by atoms with van der Waals surface area (Å²) in [5.41, 5.74) is 6.46. The number of carbonyl (C=O) groups excluding carboxylic acids is 3. The van der Waals surface area contributed by atoms with Gasteiger partial charge in [-0.2, -0.15) is 0 Å². The zero-order valence-electron chi connectivity index (χ0n) is 18.9. The minimum absolute atomic E-state index is 0.00788. The van der Waals surface area contributed by atoms with E-state index in [1.54, 1.807) is 32.9 Å². The van der Waals surface area contributed by atoms with Crippen LogP contribution in [0.1, 0.15) is 39.7 Å². The molecule has 1 aromatic rings. The van der Waals surface area contributed by atoms with E-state index in [9.17, 15) is 29.4 Å². The summed E-state index contributed by atoms with van der Waals surface area (Å²) in [6.45, 7) is 6.81. The van der Waals surface area contributed by atoms with Gasteiger partial charge < -0.3 is 31.9 Å². The largest absolute Gasteiger partial charge is 0.508 e. The molecule has 4 unspecified atom stereocenters. The van der Waals surface area contributed by atoms with Crippen LogP contribution in [0.15, 0.2) is 24.3 Å². The third-order valence-corrected chi connectivity index (χ3v) is 5.25. The van der Waals surface area contributed by atoms with Crippen LogP contribution in [-0.4, -0.2) is 58.6 Å². The van der Waals surface area contributed by atoms with Crippen molar-refractivity contribution in [1.29, 1.82) is 0 Å². The topological polar surface area (TPSA) is 171 Å². The number of carboxylic acids is 1. The smallest absolute Gasteiger partial charge is 0.326 e. The molecule has 0 radical (unpaired) electrons. The Balaban J connectivity index is 2.71. The lowest BCUT2D eigenvalue weighted by Crippen LogP contribution is -2.56. The standard InChI is InChI=1S/C22H34N4O6/c1-5-13(4)19(26-20(29)18(23)12(2)3)21(30)24-11-17(28)25-16(22(31)32)10-14-6-8-15(27)9-7-14/h6-9,12-13,16,18-19,27H,5,10-11,23H2,1-4H3,(H,24,30)(H,25,28)(H,26,29)(H,31,32). The molecule has 1 rings (SSSR count). The van der Waals surface area contributed by atoms with Gasteiger partial charge in [-0.05, 0) is 29.5 Å². The Morgan fingerprint density at radius 2 is 1.59 bits per heavy atom. The Labute approximate surface area is 187 Å². The van der Waals surface area contributed by atoms with E-state index in [4.69, 9.17) is 5.73 Å². The summed E-state index contributed by atoms with van der Waals surface area (Å²) in [4.78, 5) is 48.7. The normalized spacial score (nSPS) is 14.7. The van der Waals surface area contributed by atoms with Crippen LogP contribution in [0.3, 0.4) is 0 Å². The highest BCUT2D eigenvalue weighted by Gasteiger charge is 2.29. The molecule has 0 bridgehead atoms. The molecule has 1 aromatic carbocycles. The monoisotopic (exact) mass is 450 g/mol. The molecule has 32 heavy (non-hydrogen) atoms. The number of benzene rings is 1. The molecule has 10 heteroatoms. The van der Waals surface area contributed by atoms with Gasteiger partial charge in [-0.3, -0.25) is 14.4 Å². The zero-order chi connectivity index (χ0) is 24.4. The Hall–Kier alpha value is -3.14. The lowest BCUT2D eigenvalue weighted by atomic mass is 9.96. The summed E-state index contributed by atoms with van der Waals surface area (Å²) in [5, 5.41) is 26.2. The fraction of sp³-hybridized carbons (Fsp3) is 0.545. The molecular weight excluding hydrogens is 416 g/mol. The van der Waals surface area contributed by atoms with Gasteiger partial charge in [-0.25, -0.2) is 4.79 Å². The van der Waals surface area contributed by atoms with Gasteiger partial charge in [0.2, 0.25) is 17.7 Å². The van der Waals surface area contributed by atoms with E-state index in [1.807, 2.05) is 6.92 Å². The maximum atomic E-state index is 12.6. The Morgan fingerprint density at radius 1 is 1.00 bits per heavy atom. The highest BCUT2D eigenvalue weighted by atomic mass is 16.4. The summed E-state index contributed by atoms with van der Waals surface area (Å²) >= 11 is 0. The third-order valence-electron chi connectivity index (χ3n) is 5.25. The molecule has 10 nitrogen and oxygen atoms in total. The maximum Gasteiger partial charge on any atom is 0.326 e. The Kier molecular flexibility index (Phi) is 10.6. The maximum absolute atomic E-state index is 12.6. The van der Waals surface area contributed by atoms with Crippen molar-refractivity contribution in [2.24, 2.45) is 17.6 Å². The highest BCUT2D eigenvalue weighted by molar-refractivity contribution is 5.92. The summed E-state index contributed by atoms with van der Waals surface area (Å²) < 4.78 is 0. The van der Waals surface area contributed by atoms with Gasteiger partial charge >= 0.3 is 5.97 Å². The number of rotatable bonds is 12. The van der Waals surface area contributed by atoms with E-state index >= 15 is 0 Å². The van der Waals surface area contributed by atoms with Crippen molar-refractivity contribution >= 4 is 23.7 Å². The summed E-state index contributed by atoms with van der Waals surface area (Å²) in [6, 6.07) is 3.10. The second kappa shape index (κ2) is 12.7. The molecular formula is C22H34N4O6. The number of aromatic hydroxyl groups is 1. The average Bonchev–Trinajstić information content (AvgIpc) is 2.75. The minimum atomic E-state index is -1.23. The number of phenols is 1. The van der Waals surface area contributed by atoms with Crippen LogP contribution in [0.2, 0.25) is 0 Å². The molecule has 0 saturated heterocycles. The second-order valence-corrected chi connectivity index (χ2v) is 8.19. The Bertz CT molecular complexity index is 796. The van der Waals surface area contributed by atoms with Gasteiger partial charge in [-0.1, -0.05) is 46.2 Å². The number of aliphatic carboxylic acids is 1. The van der Waals surface area contributed by atoms with Gasteiger partial charge in [0.1, 0.15) is 17.8 Å². The summed E-state index contributed by atoms with van der Waals surface area (Å²) in [5.74, 6) is -3.19. The highest BCUT2D eigenvalue weighted by Crippen LogP contribution is 2.12. The van der Waals surface area contributed by atoms with Crippen LogP contribution in [0.25, 0.3) is 0 Å². The van der Waals surface area contributed by atoms with Gasteiger partial charge in [0.15, 0.2) is 0 Å². The number of hydrogen-bond donors (Lipinski definition) is 6. The number of nitrogens with one attached hydrogen (secondary N) is 3. The Morgan fingerprint density at radius 3 is 2.09 bits per heavy atom. The van der Waals surface area contributed by atoms with E-state index in [1.165, 1.54) is 12.1 Å². The van der Waals surface area contributed by atoms with Crippen molar-refractivity contribution in [2.75, 3.05) is 6.54 Å². The molecule has 178 valence electrons. The average molecular weight is 451 g/mol. The predicted molar refractivity (Wildman–Crippen MR) is 119 cm³/mol. The molecule has 0 saturated carbocycles. The fourth-order valence-electron chi connectivity index (χ4n) is 2.84. The SMILES string of the molecule is CCC(C)C(NC(=O)C(N)C(C)C)C(=O)NCC(=O)NC(Cc1ccc(O)cc1)C(=O)O. The molecule has 7 N–H and O–H groups in total.